The first kappa shape index (κ1) is 17.0. The number of carbonyl (C=O) groups excluding carboxylic acids is 1. The minimum atomic E-state index is -4.23. The summed E-state index contributed by atoms with van der Waals surface area (Å²) in [5.74, 6) is -0.486. The maximum atomic E-state index is 12.4. The van der Waals surface area contributed by atoms with Crippen LogP contribution in [0.4, 0.5) is 13.2 Å². The van der Waals surface area contributed by atoms with Gasteiger partial charge in [-0.15, -0.1) is 0 Å². The number of methoxy groups -OCH3 is 1. The third-order valence-corrected chi connectivity index (χ3v) is 3.46. The molecule has 20 heavy (non-hydrogen) atoms. The number of benzene rings is 1. The standard InChI is InChI=1S/C13H15BrF3NO2/c1-3-18(8-13(15,16)17)7-10-5-4-9(6-11(10)14)12(19)20-2/h4-6H,3,7-8H2,1-2H3. The first-order chi connectivity index (χ1) is 9.26. The molecule has 0 saturated heterocycles. The van der Waals surface area contributed by atoms with Gasteiger partial charge in [0.05, 0.1) is 19.2 Å². The smallest absolute Gasteiger partial charge is 0.401 e. The zero-order chi connectivity index (χ0) is 15.3. The minimum absolute atomic E-state index is 0.151. The van der Waals surface area contributed by atoms with Crippen LogP contribution in [0.1, 0.15) is 22.8 Å². The van der Waals surface area contributed by atoms with Gasteiger partial charge in [-0.1, -0.05) is 28.9 Å². The monoisotopic (exact) mass is 353 g/mol. The number of nitrogens with zero attached hydrogens (tertiary/aromatic N) is 1. The molecule has 112 valence electrons. The van der Waals surface area contributed by atoms with Gasteiger partial charge in [-0.3, -0.25) is 4.90 Å². The number of rotatable bonds is 5. The largest absolute Gasteiger partial charge is 0.465 e. The average molecular weight is 354 g/mol. The van der Waals surface area contributed by atoms with Gasteiger partial charge in [0.1, 0.15) is 0 Å². The molecule has 0 saturated carbocycles. The fraction of sp³-hybridized carbons (Fsp3) is 0.462. The molecule has 0 amide bonds. The lowest BCUT2D eigenvalue weighted by Gasteiger charge is -2.22. The van der Waals surface area contributed by atoms with E-state index < -0.39 is 18.7 Å². The van der Waals surface area contributed by atoms with Crippen LogP contribution in [-0.4, -0.2) is 37.2 Å². The van der Waals surface area contributed by atoms with Crippen LogP contribution >= 0.6 is 15.9 Å². The third kappa shape index (κ3) is 5.13. The molecule has 3 nitrogen and oxygen atoms in total. The van der Waals surface area contributed by atoms with Crippen molar-refractivity contribution in [1.29, 1.82) is 0 Å². The van der Waals surface area contributed by atoms with Crippen molar-refractivity contribution in [3.8, 4) is 0 Å². The molecule has 0 N–H and O–H groups in total. The summed E-state index contributed by atoms with van der Waals surface area (Å²) < 4.78 is 42.4. The predicted octanol–water partition coefficient (Wildman–Crippen LogP) is 3.62. The van der Waals surface area contributed by atoms with Crippen LogP contribution in [-0.2, 0) is 11.3 Å². The zero-order valence-electron chi connectivity index (χ0n) is 11.1. The fourth-order valence-corrected chi connectivity index (χ4v) is 2.20. The molecule has 1 aromatic rings. The van der Waals surface area contributed by atoms with E-state index in [-0.39, 0.29) is 13.1 Å². The van der Waals surface area contributed by atoms with Gasteiger partial charge < -0.3 is 4.74 Å². The molecule has 0 unspecified atom stereocenters. The third-order valence-electron chi connectivity index (χ3n) is 2.72. The summed E-state index contributed by atoms with van der Waals surface area (Å²) in [4.78, 5) is 12.6. The van der Waals surface area contributed by atoms with E-state index in [0.29, 0.717) is 15.6 Å². The highest BCUT2D eigenvalue weighted by Crippen LogP contribution is 2.23. The second kappa shape index (κ2) is 7.08. The van der Waals surface area contributed by atoms with Crippen LogP contribution in [0.15, 0.2) is 22.7 Å². The van der Waals surface area contributed by atoms with Gasteiger partial charge in [0.2, 0.25) is 0 Å². The highest BCUT2D eigenvalue weighted by Gasteiger charge is 2.30. The maximum Gasteiger partial charge on any atom is 0.401 e. The molecule has 7 heteroatoms. The average Bonchev–Trinajstić information content (AvgIpc) is 2.37. The van der Waals surface area contributed by atoms with E-state index >= 15 is 0 Å². The number of carbonyl (C=O) groups is 1. The Labute approximate surface area is 123 Å². The van der Waals surface area contributed by atoms with E-state index in [4.69, 9.17) is 0 Å². The van der Waals surface area contributed by atoms with Gasteiger partial charge in [-0.05, 0) is 24.2 Å². The molecule has 0 aromatic heterocycles. The lowest BCUT2D eigenvalue weighted by atomic mass is 10.1. The van der Waals surface area contributed by atoms with Crippen molar-refractivity contribution in [2.75, 3.05) is 20.2 Å². The topological polar surface area (TPSA) is 29.5 Å². The van der Waals surface area contributed by atoms with Crippen LogP contribution < -0.4 is 0 Å². The summed E-state index contributed by atoms with van der Waals surface area (Å²) in [5, 5.41) is 0. The molecule has 0 aliphatic carbocycles. The number of esters is 1. The summed E-state index contributed by atoms with van der Waals surface area (Å²) in [6.07, 6.45) is -4.23. The van der Waals surface area contributed by atoms with Gasteiger partial charge in [0.15, 0.2) is 0 Å². The van der Waals surface area contributed by atoms with Crippen LogP contribution in [0.3, 0.4) is 0 Å². The van der Waals surface area contributed by atoms with Gasteiger partial charge in [-0.2, -0.15) is 13.2 Å². The quantitative estimate of drug-likeness (QED) is 0.757. The van der Waals surface area contributed by atoms with E-state index in [2.05, 4.69) is 20.7 Å². The number of ether oxygens (including phenoxy) is 1. The Bertz CT molecular complexity index is 477. The van der Waals surface area contributed by atoms with Crippen molar-refractivity contribution in [1.82, 2.24) is 4.90 Å². The lowest BCUT2D eigenvalue weighted by molar-refractivity contribution is -0.146. The SMILES string of the molecule is CCN(Cc1ccc(C(=O)OC)cc1Br)CC(F)(F)F. The van der Waals surface area contributed by atoms with Crippen molar-refractivity contribution < 1.29 is 22.7 Å². The van der Waals surface area contributed by atoms with Crippen LogP contribution in [0.25, 0.3) is 0 Å². The Morgan fingerprint density at radius 2 is 2.05 bits per heavy atom. The zero-order valence-corrected chi connectivity index (χ0v) is 12.7. The Morgan fingerprint density at radius 1 is 1.40 bits per heavy atom. The van der Waals surface area contributed by atoms with E-state index in [1.165, 1.54) is 18.1 Å². The summed E-state index contributed by atoms with van der Waals surface area (Å²) in [6.45, 7) is 1.14. The molecule has 0 aliphatic rings. The molecule has 1 aromatic carbocycles. The number of hydrogen-bond donors (Lipinski definition) is 0. The molecule has 0 atom stereocenters. The van der Waals surface area contributed by atoms with E-state index in [1.54, 1.807) is 19.1 Å². The first-order valence-corrected chi connectivity index (χ1v) is 6.72. The highest BCUT2D eigenvalue weighted by atomic mass is 79.9. The molecule has 0 bridgehead atoms. The molecule has 0 aliphatic heterocycles. The van der Waals surface area contributed by atoms with Crippen molar-refractivity contribution in [3.05, 3.63) is 33.8 Å². The van der Waals surface area contributed by atoms with Gasteiger partial charge in [0, 0.05) is 11.0 Å². The second-order valence-electron chi connectivity index (χ2n) is 4.22. The maximum absolute atomic E-state index is 12.4. The van der Waals surface area contributed by atoms with Crippen molar-refractivity contribution >= 4 is 21.9 Å². The Balaban J connectivity index is 2.84. The molecule has 0 heterocycles. The summed E-state index contributed by atoms with van der Waals surface area (Å²) in [7, 11) is 1.27. The van der Waals surface area contributed by atoms with Gasteiger partial charge in [0.25, 0.3) is 0 Å². The predicted molar refractivity (Wildman–Crippen MR) is 72.5 cm³/mol. The molecule has 1 rings (SSSR count). The Morgan fingerprint density at radius 3 is 2.50 bits per heavy atom. The molecule has 0 fully saturated rings. The van der Waals surface area contributed by atoms with Crippen LogP contribution in [0, 0.1) is 0 Å². The van der Waals surface area contributed by atoms with Crippen molar-refractivity contribution in [2.24, 2.45) is 0 Å². The van der Waals surface area contributed by atoms with E-state index in [0.717, 1.165) is 0 Å². The number of hydrogen-bond acceptors (Lipinski definition) is 3. The minimum Gasteiger partial charge on any atom is -0.465 e. The second-order valence-corrected chi connectivity index (χ2v) is 5.07. The number of alkyl halides is 3. The molecular weight excluding hydrogens is 339 g/mol. The first-order valence-electron chi connectivity index (χ1n) is 5.92. The Kier molecular flexibility index (Phi) is 6.01. The van der Waals surface area contributed by atoms with Gasteiger partial charge in [-0.25, -0.2) is 4.79 Å². The molecule has 0 spiro atoms. The van der Waals surface area contributed by atoms with Crippen molar-refractivity contribution in [2.45, 2.75) is 19.6 Å². The lowest BCUT2D eigenvalue weighted by Crippen LogP contribution is -2.33. The van der Waals surface area contributed by atoms with Gasteiger partial charge >= 0.3 is 12.1 Å². The summed E-state index contributed by atoms with van der Waals surface area (Å²) in [6, 6.07) is 4.70. The number of halogens is 4. The fourth-order valence-electron chi connectivity index (χ4n) is 1.69. The van der Waals surface area contributed by atoms with E-state index in [9.17, 15) is 18.0 Å². The van der Waals surface area contributed by atoms with E-state index in [1.807, 2.05) is 0 Å². The van der Waals surface area contributed by atoms with Crippen LogP contribution in [0.5, 0.6) is 0 Å². The highest BCUT2D eigenvalue weighted by molar-refractivity contribution is 9.10. The van der Waals surface area contributed by atoms with Crippen LogP contribution in [0.2, 0.25) is 0 Å². The normalized spacial score (nSPS) is 11.8. The molecule has 0 radical (unpaired) electrons. The summed E-state index contributed by atoms with van der Waals surface area (Å²) in [5.41, 5.74) is 1.03. The molecular formula is C13H15BrF3NO2. The van der Waals surface area contributed by atoms with Crippen molar-refractivity contribution in [3.63, 3.8) is 0 Å². The Hall–Kier alpha value is -1.08. The summed E-state index contributed by atoms with van der Waals surface area (Å²) >= 11 is 3.27.